The molecule has 0 atom stereocenters. The molecule has 1 fully saturated rings. The number of nitrogens with one attached hydrogen (secondary N) is 1. The maximum absolute atomic E-state index is 13.2. The highest BCUT2D eigenvalue weighted by molar-refractivity contribution is 5.95. The predicted octanol–water partition coefficient (Wildman–Crippen LogP) is 3.89. The fourth-order valence-electron chi connectivity index (χ4n) is 3.70. The van der Waals surface area contributed by atoms with Gasteiger partial charge in [0.05, 0.1) is 6.54 Å². The van der Waals surface area contributed by atoms with E-state index in [0.29, 0.717) is 37.4 Å². The molecule has 5 nitrogen and oxygen atoms in total. The molecule has 0 bridgehead atoms. The molecule has 1 aliphatic heterocycles. The van der Waals surface area contributed by atoms with E-state index in [1.165, 1.54) is 12.1 Å². The van der Waals surface area contributed by atoms with Crippen LogP contribution in [0.4, 0.5) is 10.1 Å². The quantitative estimate of drug-likeness (QED) is 0.685. The molecule has 4 rings (SSSR count). The van der Waals surface area contributed by atoms with Gasteiger partial charge in [0.15, 0.2) is 0 Å². The number of anilines is 1. The first-order chi connectivity index (χ1) is 15.1. The van der Waals surface area contributed by atoms with Crippen LogP contribution in [0.25, 0.3) is 11.1 Å². The van der Waals surface area contributed by atoms with Gasteiger partial charge in [-0.2, -0.15) is 0 Å². The number of carbonyl (C=O) groups excluding carboxylic acids is 2. The van der Waals surface area contributed by atoms with Gasteiger partial charge in [-0.3, -0.25) is 14.5 Å². The van der Waals surface area contributed by atoms with E-state index >= 15 is 0 Å². The van der Waals surface area contributed by atoms with E-state index in [9.17, 15) is 14.0 Å². The van der Waals surface area contributed by atoms with Gasteiger partial charge in [0.25, 0.3) is 5.91 Å². The lowest BCUT2D eigenvalue weighted by atomic mass is 10.0. The third-order valence-electron chi connectivity index (χ3n) is 5.37. The summed E-state index contributed by atoms with van der Waals surface area (Å²) in [6.07, 6.45) is 0. The van der Waals surface area contributed by atoms with Crippen molar-refractivity contribution in [2.45, 2.75) is 0 Å². The van der Waals surface area contributed by atoms with Crippen LogP contribution in [0, 0.1) is 5.82 Å². The molecule has 0 spiro atoms. The van der Waals surface area contributed by atoms with Gasteiger partial charge < -0.3 is 10.2 Å². The van der Waals surface area contributed by atoms with Gasteiger partial charge in [-0.05, 0) is 41.5 Å². The molecule has 0 radical (unpaired) electrons. The number of halogens is 1. The van der Waals surface area contributed by atoms with Gasteiger partial charge in [-0.25, -0.2) is 4.39 Å². The second kappa shape index (κ2) is 9.53. The Morgan fingerprint density at radius 2 is 1.48 bits per heavy atom. The SMILES string of the molecule is O=C(CN1CCN(C(=O)c2ccc(-c3ccccc3)cc2)CC1)Nc1cccc(F)c1. The average Bonchev–Trinajstić information content (AvgIpc) is 2.80. The van der Waals surface area contributed by atoms with E-state index in [4.69, 9.17) is 0 Å². The van der Waals surface area contributed by atoms with Crippen molar-refractivity contribution in [1.82, 2.24) is 9.80 Å². The van der Waals surface area contributed by atoms with Crippen molar-refractivity contribution < 1.29 is 14.0 Å². The van der Waals surface area contributed by atoms with Gasteiger partial charge in [0, 0.05) is 37.4 Å². The second-order valence-electron chi connectivity index (χ2n) is 7.57. The molecule has 1 heterocycles. The first kappa shape index (κ1) is 20.8. The summed E-state index contributed by atoms with van der Waals surface area (Å²) < 4.78 is 13.2. The summed E-state index contributed by atoms with van der Waals surface area (Å²) in [5.41, 5.74) is 3.30. The third-order valence-corrected chi connectivity index (χ3v) is 5.37. The van der Waals surface area contributed by atoms with E-state index in [1.54, 1.807) is 12.1 Å². The number of hydrogen-bond acceptors (Lipinski definition) is 3. The summed E-state index contributed by atoms with van der Waals surface area (Å²) in [6.45, 7) is 2.57. The Kier molecular flexibility index (Phi) is 6.38. The summed E-state index contributed by atoms with van der Waals surface area (Å²) in [5.74, 6) is -0.577. The molecule has 1 N–H and O–H groups in total. The highest BCUT2D eigenvalue weighted by Crippen LogP contribution is 2.20. The number of amides is 2. The Bertz CT molecular complexity index is 1050. The van der Waals surface area contributed by atoms with E-state index in [2.05, 4.69) is 5.32 Å². The van der Waals surface area contributed by atoms with Crippen LogP contribution in [0.3, 0.4) is 0 Å². The lowest BCUT2D eigenvalue weighted by Gasteiger charge is -2.34. The maximum Gasteiger partial charge on any atom is 0.253 e. The van der Waals surface area contributed by atoms with Crippen LogP contribution in [-0.4, -0.2) is 54.3 Å². The van der Waals surface area contributed by atoms with Crippen molar-refractivity contribution in [3.63, 3.8) is 0 Å². The minimum absolute atomic E-state index is 0.00322. The largest absolute Gasteiger partial charge is 0.336 e. The van der Waals surface area contributed by atoms with E-state index < -0.39 is 0 Å². The van der Waals surface area contributed by atoms with E-state index in [0.717, 1.165) is 11.1 Å². The van der Waals surface area contributed by atoms with Crippen molar-refractivity contribution in [2.24, 2.45) is 0 Å². The smallest absolute Gasteiger partial charge is 0.253 e. The van der Waals surface area contributed by atoms with E-state index in [1.807, 2.05) is 64.4 Å². The highest BCUT2D eigenvalue weighted by atomic mass is 19.1. The Morgan fingerprint density at radius 3 is 2.16 bits per heavy atom. The zero-order chi connectivity index (χ0) is 21.6. The average molecular weight is 417 g/mol. The lowest BCUT2D eigenvalue weighted by molar-refractivity contribution is -0.117. The number of piperazine rings is 1. The zero-order valence-corrected chi connectivity index (χ0v) is 17.1. The molecule has 0 aromatic heterocycles. The summed E-state index contributed by atoms with van der Waals surface area (Å²) in [6, 6.07) is 23.5. The van der Waals surface area contributed by atoms with Crippen LogP contribution >= 0.6 is 0 Å². The molecule has 0 aliphatic carbocycles. The van der Waals surface area contributed by atoms with Gasteiger partial charge in [-0.1, -0.05) is 48.5 Å². The fourth-order valence-corrected chi connectivity index (χ4v) is 3.70. The standard InChI is InChI=1S/C25H24FN3O2/c26-22-7-4-8-23(17-22)27-24(30)18-28-13-15-29(16-14-28)25(31)21-11-9-20(10-12-21)19-5-2-1-3-6-19/h1-12,17H,13-16,18H2,(H,27,30). The van der Waals surface area contributed by atoms with Crippen LogP contribution in [0.15, 0.2) is 78.9 Å². The molecule has 6 heteroatoms. The first-order valence-electron chi connectivity index (χ1n) is 10.3. The molecule has 1 saturated heterocycles. The molecular formula is C25H24FN3O2. The van der Waals surface area contributed by atoms with Crippen LogP contribution in [0.2, 0.25) is 0 Å². The minimum Gasteiger partial charge on any atom is -0.336 e. The summed E-state index contributed by atoms with van der Waals surface area (Å²) in [7, 11) is 0. The number of hydrogen-bond donors (Lipinski definition) is 1. The number of rotatable bonds is 5. The first-order valence-corrected chi connectivity index (χ1v) is 10.3. The minimum atomic E-state index is -0.387. The van der Waals surface area contributed by atoms with Crippen LogP contribution in [-0.2, 0) is 4.79 Å². The fraction of sp³-hybridized carbons (Fsp3) is 0.200. The molecule has 0 saturated carbocycles. The second-order valence-corrected chi connectivity index (χ2v) is 7.57. The Hall–Kier alpha value is -3.51. The van der Waals surface area contributed by atoms with Crippen molar-refractivity contribution in [3.05, 3.63) is 90.2 Å². The molecular weight excluding hydrogens is 393 g/mol. The van der Waals surface area contributed by atoms with Gasteiger partial charge in [-0.15, -0.1) is 0 Å². The number of carbonyl (C=O) groups is 2. The Balaban J connectivity index is 1.28. The van der Waals surface area contributed by atoms with Gasteiger partial charge in [0.2, 0.25) is 5.91 Å². The van der Waals surface area contributed by atoms with Crippen LogP contribution in [0.1, 0.15) is 10.4 Å². The maximum atomic E-state index is 13.2. The molecule has 31 heavy (non-hydrogen) atoms. The topological polar surface area (TPSA) is 52.7 Å². The summed E-state index contributed by atoms with van der Waals surface area (Å²) in [4.78, 5) is 28.9. The Morgan fingerprint density at radius 1 is 0.806 bits per heavy atom. The third kappa shape index (κ3) is 5.35. The zero-order valence-electron chi connectivity index (χ0n) is 17.1. The van der Waals surface area contributed by atoms with E-state index in [-0.39, 0.29) is 24.2 Å². The van der Waals surface area contributed by atoms with Crippen molar-refractivity contribution in [1.29, 1.82) is 0 Å². The number of nitrogens with zero attached hydrogens (tertiary/aromatic N) is 2. The molecule has 158 valence electrons. The molecule has 3 aromatic carbocycles. The van der Waals surface area contributed by atoms with Gasteiger partial charge >= 0.3 is 0 Å². The monoisotopic (exact) mass is 417 g/mol. The molecule has 1 aliphatic rings. The van der Waals surface area contributed by atoms with Crippen LogP contribution < -0.4 is 5.32 Å². The van der Waals surface area contributed by atoms with Crippen LogP contribution in [0.5, 0.6) is 0 Å². The lowest BCUT2D eigenvalue weighted by Crippen LogP contribution is -2.50. The van der Waals surface area contributed by atoms with Crippen molar-refractivity contribution in [3.8, 4) is 11.1 Å². The highest BCUT2D eigenvalue weighted by Gasteiger charge is 2.23. The summed E-state index contributed by atoms with van der Waals surface area (Å²) >= 11 is 0. The van der Waals surface area contributed by atoms with Crippen molar-refractivity contribution >= 4 is 17.5 Å². The normalized spacial score (nSPS) is 14.3. The Labute approximate surface area is 181 Å². The molecule has 2 amide bonds. The van der Waals surface area contributed by atoms with Crippen molar-refractivity contribution in [2.75, 3.05) is 38.0 Å². The predicted molar refractivity (Wildman–Crippen MR) is 119 cm³/mol. The molecule has 3 aromatic rings. The number of benzene rings is 3. The van der Waals surface area contributed by atoms with Gasteiger partial charge in [0.1, 0.15) is 5.82 Å². The molecule has 0 unspecified atom stereocenters. The summed E-state index contributed by atoms with van der Waals surface area (Å²) in [5, 5.41) is 2.71.